The van der Waals surface area contributed by atoms with E-state index in [0.717, 1.165) is 28.2 Å². The van der Waals surface area contributed by atoms with Crippen molar-refractivity contribution in [3.63, 3.8) is 0 Å². The number of nitrogens with one attached hydrogen (secondary N) is 2. The van der Waals surface area contributed by atoms with Crippen LogP contribution in [0.5, 0.6) is 0 Å². The average Bonchev–Trinajstić information content (AvgIpc) is 3.52. The number of thiocarbonyl (C=S) groups is 1. The first-order chi connectivity index (χ1) is 18.2. The minimum Gasteiger partial charge on any atom is -0.459 e. The van der Waals surface area contributed by atoms with E-state index in [1.807, 2.05) is 80.3 Å². The van der Waals surface area contributed by atoms with E-state index in [2.05, 4.69) is 15.6 Å². The molecule has 4 aromatic rings. The summed E-state index contributed by atoms with van der Waals surface area (Å²) in [5.74, 6) is 1.23. The Hall–Kier alpha value is -3.39. The molecule has 0 radical (unpaired) electrons. The first kappa shape index (κ1) is 26.2. The zero-order valence-electron chi connectivity index (χ0n) is 21.0. The molecule has 0 spiro atoms. The van der Waals surface area contributed by atoms with Crippen molar-refractivity contribution in [2.75, 3.05) is 10.2 Å². The topological polar surface area (TPSA) is 70.4 Å². The zero-order chi connectivity index (χ0) is 27.0. The number of anilines is 2. The molecule has 2 N–H and O–H groups in total. The molecule has 2 aromatic carbocycles. The summed E-state index contributed by atoms with van der Waals surface area (Å²) in [6.45, 7) is 5.70. The highest BCUT2D eigenvalue weighted by Crippen LogP contribution is 2.43. The van der Waals surface area contributed by atoms with E-state index >= 15 is 0 Å². The van der Waals surface area contributed by atoms with Gasteiger partial charge in [-0.05, 0) is 85.4 Å². The maximum absolute atomic E-state index is 12.3. The standard InChI is InChI=1S/C29H26Cl2N4O2S/c1-16(2)28(36)33-22-10-8-19(14-17(22)3)35-27(26(34-29(35)38)23-6-4-5-13-32-23)25-12-11-24(37-25)18-7-9-20(30)21(31)15-18/h4-16,26-27H,1-3H3,(H,33,36)(H,34,38)/t26-,27-/m0/s1. The fraction of sp³-hybridized carbons (Fsp3) is 0.207. The van der Waals surface area contributed by atoms with Crippen LogP contribution < -0.4 is 15.5 Å². The summed E-state index contributed by atoms with van der Waals surface area (Å²) in [6.07, 6.45) is 1.76. The summed E-state index contributed by atoms with van der Waals surface area (Å²) < 4.78 is 6.41. The minimum atomic E-state index is -0.315. The number of benzene rings is 2. The predicted molar refractivity (Wildman–Crippen MR) is 157 cm³/mol. The normalized spacial score (nSPS) is 17.1. The molecule has 1 amide bonds. The molecule has 3 heterocycles. The van der Waals surface area contributed by atoms with E-state index in [0.29, 0.717) is 26.7 Å². The summed E-state index contributed by atoms with van der Waals surface area (Å²) in [7, 11) is 0. The van der Waals surface area contributed by atoms with E-state index in [1.54, 1.807) is 18.3 Å². The number of nitrogens with zero attached hydrogens (tertiary/aromatic N) is 2. The van der Waals surface area contributed by atoms with Crippen molar-refractivity contribution in [3.8, 4) is 11.3 Å². The molecule has 1 fully saturated rings. The molecule has 0 bridgehead atoms. The molecule has 1 aliphatic heterocycles. The number of carbonyl (C=O) groups is 1. The van der Waals surface area contributed by atoms with Crippen LogP contribution in [0.3, 0.4) is 0 Å². The third-order valence-corrected chi connectivity index (χ3v) is 7.54. The third kappa shape index (κ3) is 5.14. The number of aryl methyl sites for hydroxylation is 1. The molecular formula is C29H26Cl2N4O2S. The first-order valence-corrected chi connectivity index (χ1v) is 13.4. The Bertz CT molecular complexity index is 1510. The molecule has 0 unspecified atom stereocenters. The highest BCUT2D eigenvalue weighted by atomic mass is 35.5. The number of halogens is 2. The van der Waals surface area contributed by atoms with Gasteiger partial charge in [0.25, 0.3) is 0 Å². The second kappa shape index (κ2) is 10.8. The van der Waals surface area contributed by atoms with Gasteiger partial charge in [-0.15, -0.1) is 0 Å². The molecule has 9 heteroatoms. The van der Waals surface area contributed by atoms with Crippen LogP contribution in [0.2, 0.25) is 10.0 Å². The van der Waals surface area contributed by atoms with Gasteiger partial charge in [-0.3, -0.25) is 9.78 Å². The van der Waals surface area contributed by atoms with Crippen LogP contribution in [-0.2, 0) is 4.79 Å². The number of furan rings is 1. The fourth-order valence-electron chi connectivity index (χ4n) is 4.45. The second-order valence-corrected chi connectivity index (χ2v) is 10.7. The third-order valence-electron chi connectivity index (χ3n) is 6.49. The fourth-order valence-corrected chi connectivity index (χ4v) is 5.10. The van der Waals surface area contributed by atoms with Gasteiger partial charge >= 0.3 is 0 Å². The SMILES string of the molecule is Cc1cc(N2C(=S)N[C@@H](c3ccccn3)[C@@H]2c2ccc(-c3ccc(Cl)c(Cl)c3)o2)ccc1NC(=O)C(C)C. The van der Waals surface area contributed by atoms with Gasteiger partial charge in [-0.2, -0.15) is 0 Å². The molecule has 2 atom stereocenters. The lowest BCUT2D eigenvalue weighted by molar-refractivity contribution is -0.118. The Morgan fingerprint density at radius 1 is 1.08 bits per heavy atom. The number of rotatable bonds is 6. The Morgan fingerprint density at radius 2 is 1.89 bits per heavy atom. The predicted octanol–water partition coefficient (Wildman–Crippen LogP) is 7.73. The van der Waals surface area contributed by atoms with E-state index in [4.69, 9.17) is 39.8 Å². The summed E-state index contributed by atoms with van der Waals surface area (Å²) in [6, 6.07) is 20.4. The molecule has 1 aliphatic rings. The first-order valence-electron chi connectivity index (χ1n) is 12.2. The number of aromatic nitrogens is 1. The van der Waals surface area contributed by atoms with Crippen molar-refractivity contribution >= 4 is 57.8 Å². The molecule has 1 saturated heterocycles. The van der Waals surface area contributed by atoms with Gasteiger partial charge < -0.3 is 20.0 Å². The van der Waals surface area contributed by atoms with Gasteiger partial charge in [0.05, 0.1) is 21.8 Å². The van der Waals surface area contributed by atoms with Gasteiger partial charge in [-0.1, -0.05) is 43.1 Å². The number of pyridine rings is 1. The molecular weight excluding hydrogens is 539 g/mol. The quantitative estimate of drug-likeness (QED) is 0.233. The molecule has 38 heavy (non-hydrogen) atoms. The van der Waals surface area contributed by atoms with Gasteiger partial charge in [-0.25, -0.2) is 0 Å². The highest BCUT2D eigenvalue weighted by molar-refractivity contribution is 7.80. The van der Waals surface area contributed by atoms with Crippen LogP contribution in [0, 0.1) is 12.8 Å². The molecule has 194 valence electrons. The maximum atomic E-state index is 12.3. The number of carbonyl (C=O) groups excluding carboxylic acids is 1. The van der Waals surface area contributed by atoms with Crippen LogP contribution in [0.4, 0.5) is 11.4 Å². The van der Waals surface area contributed by atoms with Crippen molar-refractivity contribution in [1.29, 1.82) is 0 Å². The summed E-state index contributed by atoms with van der Waals surface area (Å²) in [4.78, 5) is 18.9. The van der Waals surface area contributed by atoms with Crippen molar-refractivity contribution < 1.29 is 9.21 Å². The van der Waals surface area contributed by atoms with Gasteiger partial charge in [0.15, 0.2) is 5.11 Å². The van der Waals surface area contributed by atoms with E-state index in [1.165, 1.54) is 0 Å². The van der Waals surface area contributed by atoms with Crippen molar-refractivity contribution in [2.24, 2.45) is 5.92 Å². The smallest absolute Gasteiger partial charge is 0.226 e. The largest absolute Gasteiger partial charge is 0.459 e. The molecule has 0 saturated carbocycles. The number of hydrogen-bond acceptors (Lipinski definition) is 4. The van der Waals surface area contributed by atoms with Crippen LogP contribution in [0.15, 0.2) is 77.3 Å². The Kier molecular flexibility index (Phi) is 7.43. The van der Waals surface area contributed by atoms with Crippen LogP contribution in [0.25, 0.3) is 11.3 Å². The molecule has 5 rings (SSSR count). The minimum absolute atomic E-state index is 0.0299. The Morgan fingerprint density at radius 3 is 2.58 bits per heavy atom. The molecule has 6 nitrogen and oxygen atoms in total. The lowest BCUT2D eigenvalue weighted by Crippen LogP contribution is -2.29. The van der Waals surface area contributed by atoms with Crippen molar-refractivity contribution in [1.82, 2.24) is 10.3 Å². The average molecular weight is 566 g/mol. The number of hydrogen-bond donors (Lipinski definition) is 2. The summed E-state index contributed by atoms with van der Waals surface area (Å²) in [5.41, 5.74) is 4.23. The zero-order valence-corrected chi connectivity index (χ0v) is 23.4. The van der Waals surface area contributed by atoms with E-state index in [9.17, 15) is 4.79 Å². The number of amides is 1. The van der Waals surface area contributed by atoms with Gasteiger partial charge in [0, 0.05) is 29.1 Å². The molecule has 0 aliphatic carbocycles. The Labute approximate surface area is 237 Å². The van der Waals surface area contributed by atoms with E-state index in [-0.39, 0.29) is 23.9 Å². The lowest BCUT2D eigenvalue weighted by atomic mass is 10.0. The molecule has 2 aromatic heterocycles. The Balaban J connectivity index is 1.55. The monoisotopic (exact) mass is 564 g/mol. The van der Waals surface area contributed by atoms with Gasteiger partial charge in [0.1, 0.15) is 17.6 Å². The highest BCUT2D eigenvalue weighted by Gasteiger charge is 2.42. The van der Waals surface area contributed by atoms with Gasteiger partial charge in [0.2, 0.25) is 5.91 Å². The van der Waals surface area contributed by atoms with Crippen LogP contribution in [-0.4, -0.2) is 16.0 Å². The van der Waals surface area contributed by atoms with Crippen molar-refractivity contribution in [2.45, 2.75) is 32.9 Å². The van der Waals surface area contributed by atoms with Crippen molar-refractivity contribution in [3.05, 3.63) is 100.0 Å². The maximum Gasteiger partial charge on any atom is 0.226 e. The lowest BCUT2D eigenvalue weighted by Gasteiger charge is -2.27. The van der Waals surface area contributed by atoms with E-state index < -0.39 is 0 Å². The summed E-state index contributed by atoms with van der Waals surface area (Å²) in [5, 5.41) is 7.93. The van der Waals surface area contributed by atoms with Crippen LogP contribution >= 0.6 is 35.4 Å². The summed E-state index contributed by atoms with van der Waals surface area (Å²) >= 11 is 18.2. The second-order valence-electron chi connectivity index (χ2n) is 9.47. The van der Waals surface area contributed by atoms with Crippen LogP contribution in [0.1, 0.15) is 42.9 Å².